The Balaban J connectivity index is 2.59. The van der Waals surface area contributed by atoms with Crippen LogP contribution in [0.4, 0.5) is 0 Å². The van der Waals surface area contributed by atoms with Crippen LogP contribution in [0.1, 0.15) is 30.1 Å². The highest BCUT2D eigenvalue weighted by atomic mass is 16.5. The van der Waals surface area contributed by atoms with Crippen LogP contribution in [-0.2, 0) is 0 Å². The fourth-order valence-corrected chi connectivity index (χ4v) is 1.85. The minimum Gasteiger partial charge on any atom is -0.496 e. The first kappa shape index (κ1) is 14.5. The van der Waals surface area contributed by atoms with Crippen molar-refractivity contribution < 1.29 is 9.53 Å². The van der Waals surface area contributed by atoms with Gasteiger partial charge in [0.25, 0.3) is 5.91 Å². The van der Waals surface area contributed by atoms with Crippen LogP contribution in [0.15, 0.2) is 24.3 Å². The molecule has 0 saturated carbocycles. The minimum absolute atomic E-state index is 0.0945. The van der Waals surface area contributed by atoms with Gasteiger partial charge in [-0.15, -0.1) is 0 Å². The van der Waals surface area contributed by atoms with Crippen molar-refractivity contribution in [2.24, 2.45) is 11.7 Å². The van der Waals surface area contributed by atoms with E-state index in [1.165, 1.54) is 0 Å². The molecular weight excluding hydrogens is 228 g/mol. The molecule has 0 aliphatic carbocycles. The van der Waals surface area contributed by atoms with Gasteiger partial charge in [0.1, 0.15) is 5.75 Å². The minimum atomic E-state index is -0.0945. The molecule has 0 spiro atoms. The van der Waals surface area contributed by atoms with Crippen LogP contribution in [0, 0.1) is 5.92 Å². The third-order valence-corrected chi connectivity index (χ3v) is 3.06. The van der Waals surface area contributed by atoms with Gasteiger partial charge in [-0.2, -0.15) is 0 Å². The maximum absolute atomic E-state index is 12.0. The molecule has 1 rings (SSSR count). The van der Waals surface area contributed by atoms with Crippen LogP contribution in [-0.4, -0.2) is 26.1 Å². The number of amides is 1. The van der Waals surface area contributed by atoms with Gasteiger partial charge in [0.15, 0.2) is 0 Å². The summed E-state index contributed by atoms with van der Waals surface area (Å²) in [4.78, 5) is 12.0. The fraction of sp³-hybridized carbons (Fsp3) is 0.500. The molecule has 1 unspecified atom stereocenters. The summed E-state index contributed by atoms with van der Waals surface area (Å²) >= 11 is 0. The van der Waals surface area contributed by atoms with Gasteiger partial charge in [0.2, 0.25) is 0 Å². The van der Waals surface area contributed by atoms with E-state index in [4.69, 9.17) is 10.5 Å². The Morgan fingerprint density at radius 1 is 1.44 bits per heavy atom. The normalized spacial score (nSPS) is 11.9. The summed E-state index contributed by atoms with van der Waals surface area (Å²) < 4.78 is 5.17. The third-order valence-electron chi connectivity index (χ3n) is 3.06. The number of nitrogens with two attached hydrogens (primary N) is 1. The van der Waals surface area contributed by atoms with Crippen LogP contribution in [0.25, 0.3) is 0 Å². The molecule has 0 fully saturated rings. The molecule has 0 aliphatic rings. The van der Waals surface area contributed by atoms with E-state index in [0.29, 0.717) is 30.3 Å². The zero-order chi connectivity index (χ0) is 13.4. The molecule has 0 heterocycles. The van der Waals surface area contributed by atoms with Gasteiger partial charge in [0.05, 0.1) is 12.7 Å². The Bertz CT molecular complexity index is 380. The smallest absolute Gasteiger partial charge is 0.255 e. The molecule has 0 radical (unpaired) electrons. The van der Waals surface area contributed by atoms with Crippen molar-refractivity contribution in [2.45, 2.75) is 19.8 Å². The zero-order valence-corrected chi connectivity index (χ0v) is 11.1. The van der Waals surface area contributed by atoms with E-state index in [1.807, 2.05) is 12.1 Å². The fourth-order valence-electron chi connectivity index (χ4n) is 1.85. The Labute approximate surface area is 109 Å². The standard InChI is InChI=1S/C14H22N2O2/c1-3-11(8-9-15)10-16-14(17)12-6-4-5-7-13(12)18-2/h4-7,11H,3,8-10,15H2,1-2H3,(H,16,17). The molecule has 1 amide bonds. The van der Waals surface area contributed by atoms with Crippen LogP contribution >= 0.6 is 0 Å². The highest BCUT2D eigenvalue weighted by Gasteiger charge is 2.13. The molecule has 1 aromatic carbocycles. The molecule has 0 saturated heterocycles. The largest absolute Gasteiger partial charge is 0.496 e. The number of carbonyl (C=O) groups is 1. The molecule has 0 aliphatic heterocycles. The molecule has 4 heteroatoms. The second kappa shape index (κ2) is 7.71. The summed E-state index contributed by atoms with van der Waals surface area (Å²) in [5, 5.41) is 2.94. The number of hydrogen-bond acceptors (Lipinski definition) is 3. The molecule has 100 valence electrons. The van der Waals surface area contributed by atoms with E-state index >= 15 is 0 Å². The number of nitrogens with one attached hydrogen (secondary N) is 1. The van der Waals surface area contributed by atoms with Gasteiger partial charge >= 0.3 is 0 Å². The van der Waals surface area contributed by atoms with Crippen molar-refractivity contribution in [1.82, 2.24) is 5.32 Å². The van der Waals surface area contributed by atoms with Crippen LogP contribution in [0.3, 0.4) is 0 Å². The quantitative estimate of drug-likeness (QED) is 0.775. The summed E-state index contributed by atoms with van der Waals surface area (Å²) in [6, 6.07) is 7.22. The average Bonchev–Trinajstić information content (AvgIpc) is 2.42. The second-order valence-electron chi connectivity index (χ2n) is 4.26. The summed E-state index contributed by atoms with van der Waals surface area (Å²) in [5.74, 6) is 0.943. The highest BCUT2D eigenvalue weighted by Crippen LogP contribution is 2.17. The van der Waals surface area contributed by atoms with Gasteiger partial charge < -0.3 is 15.8 Å². The van der Waals surface area contributed by atoms with Crippen molar-refractivity contribution in [2.75, 3.05) is 20.2 Å². The maximum atomic E-state index is 12.0. The molecule has 4 nitrogen and oxygen atoms in total. The third kappa shape index (κ3) is 4.04. The Morgan fingerprint density at radius 3 is 2.78 bits per heavy atom. The molecular formula is C14H22N2O2. The molecule has 1 aromatic rings. The number of para-hydroxylation sites is 1. The monoisotopic (exact) mass is 250 g/mol. The summed E-state index contributed by atoms with van der Waals surface area (Å²) in [7, 11) is 1.56. The van der Waals surface area contributed by atoms with Crippen LogP contribution in [0.2, 0.25) is 0 Å². The lowest BCUT2D eigenvalue weighted by Gasteiger charge is -2.15. The predicted molar refractivity (Wildman–Crippen MR) is 72.8 cm³/mol. The van der Waals surface area contributed by atoms with Crippen molar-refractivity contribution in [3.8, 4) is 5.75 Å². The lowest BCUT2D eigenvalue weighted by Crippen LogP contribution is -2.30. The first-order chi connectivity index (χ1) is 8.72. The Kier molecular flexibility index (Phi) is 6.22. The van der Waals surface area contributed by atoms with E-state index in [9.17, 15) is 4.79 Å². The van der Waals surface area contributed by atoms with Gasteiger partial charge in [-0.3, -0.25) is 4.79 Å². The van der Waals surface area contributed by atoms with Crippen LogP contribution < -0.4 is 15.8 Å². The molecule has 18 heavy (non-hydrogen) atoms. The number of methoxy groups -OCH3 is 1. The number of hydrogen-bond donors (Lipinski definition) is 2. The highest BCUT2D eigenvalue weighted by molar-refractivity contribution is 5.96. The Hall–Kier alpha value is -1.55. The molecule has 3 N–H and O–H groups in total. The van der Waals surface area contributed by atoms with Crippen molar-refractivity contribution in [3.05, 3.63) is 29.8 Å². The van der Waals surface area contributed by atoms with Crippen molar-refractivity contribution in [3.63, 3.8) is 0 Å². The summed E-state index contributed by atoms with van der Waals surface area (Å²) in [6.45, 7) is 3.42. The molecule has 0 bridgehead atoms. The maximum Gasteiger partial charge on any atom is 0.255 e. The first-order valence-electron chi connectivity index (χ1n) is 6.34. The Morgan fingerprint density at radius 2 is 2.17 bits per heavy atom. The number of carbonyl (C=O) groups excluding carboxylic acids is 1. The van der Waals surface area contributed by atoms with E-state index in [-0.39, 0.29) is 5.91 Å². The van der Waals surface area contributed by atoms with Gasteiger partial charge in [-0.05, 0) is 31.0 Å². The van der Waals surface area contributed by atoms with E-state index in [1.54, 1.807) is 19.2 Å². The van der Waals surface area contributed by atoms with E-state index in [2.05, 4.69) is 12.2 Å². The first-order valence-corrected chi connectivity index (χ1v) is 6.34. The number of rotatable bonds is 7. The lowest BCUT2D eigenvalue weighted by atomic mass is 10.0. The zero-order valence-electron chi connectivity index (χ0n) is 11.1. The number of ether oxygens (including phenoxy) is 1. The lowest BCUT2D eigenvalue weighted by molar-refractivity contribution is 0.0943. The predicted octanol–water partition coefficient (Wildman–Crippen LogP) is 1.80. The second-order valence-corrected chi connectivity index (χ2v) is 4.26. The summed E-state index contributed by atoms with van der Waals surface area (Å²) in [5.41, 5.74) is 6.11. The van der Waals surface area contributed by atoms with Gasteiger partial charge in [-0.25, -0.2) is 0 Å². The topological polar surface area (TPSA) is 64.3 Å². The van der Waals surface area contributed by atoms with E-state index in [0.717, 1.165) is 12.8 Å². The van der Waals surface area contributed by atoms with Crippen molar-refractivity contribution in [1.29, 1.82) is 0 Å². The van der Waals surface area contributed by atoms with Gasteiger partial charge in [0, 0.05) is 6.54 Å². The van der Waals surface area contributed by atoms with Crippen LogP contribution in [0.5, 0.6) is 5.75 Å². The molecule has 0 aromatic heterocycles. The van der Waals surface area contributed by atoms with E-state index < -0.39 is 0 Å². The van der Waals surface area contributed by atoms with Crippen molar-refractivity contribution >= 4 is 5.91 Å². The summed E-state index contributed by atoms with van der Waals surface area (Å²) in [6.07, 6.45) is 1.95. The molecule has 1 atom stereocenters. The SMILES string of the molecule is CCC(CCN)CNC(=O)c1ccccc1OC. The number of benzene rings is 1. The van der Waals surface area contributed by atoms with Gasteiger partial charge in [-0.1, -0.05) is 25.5 Å². The average molecular weight is 250 g/mol.